The van der Waals surface area contributed by atoms with Crippen LogP contribution in [0.4, 0.5) is 0 Å². The summed E-state index contributed by atoms with van der Waals surface area (Å²) in [6, 6.07) is 0. The van der Waals surface area contributed by atoms with Crippen LogP contribution in [0, 0.1) is 17.8 Å². The first-order valence-electron chi connectivity index (χ1n) is 20.7. The maximum Gasteiger partial charge on any atom is 0.108 e. The summed E-state index contributed by atoms with van der Waals surface area (Å²) in [5.41, 5.74) is -0.0900. The molecule has 5 aliphatic rings. The van der Waals surface area contributed by atoms with E-state index in [2.05, 4.69) is 95.9 Å². The molecule has 0 N–H and O–H groups in total. The van der Waals surface area contributed by atoms with Gasteiger partial charge in [0.15, 0.2) is 0 Å². The number of rotatable bonds is 16. The van der Waals surface area contributed by atoms with E-state index in [1.807, 2.05) is 0 Å². The second kappa shape index (κ2) is 18.2. The second-order valence-electron chi connectivity index (χ2n) is 18.9. The van der Waals surface area contributed by atoms with Crippen LogP contribution in [0.5, 0.6) is 0 Å². The summed E-state index contributed by atoms with van der Waals surface area (Å²) >= 11 is 0. The third-order valence-corrected chi connectivity index (χ3v) is 11.9. The molecular formula is C42H75N3O6. The molecule has 3 saturated heterocycles. The molecule has 0 aromatic carbocycles. The molecule has 5 rings (SSSR count). The number of hydroxylamine groups is 2. The van der Waals surface area contributed by atoms with Gasteiger partial charge in [0.05, 0.1) is 53.9 Å². The Morgan fingerprint density at radius 3 is 1.65 bits per heavy atom. The molecule has 0 radical (unpaired) electrons. The number of piperidine rings is 2. The topological polar surface area (TPSA) is 65.1 Å². The molecular weight excluding hydrogens is 642 g/mol. The molecule has 2 aliphatic carbocycles. The zero-order valence-corrected chi connectivity index (χ0v) is 34.2. The fourth-order valence-electron chi connectivity index (χ4n) is 8.23. The van der Waals surface area contributed by atoms with Crippen molar-refractivity contribution in [2.75, 3.05) is 52.4 Å². The van der Waals surface area contributed by atoms with Gasteiger partial charge in [-0.2, -0.15) is 5.06 Å². The predicted molar refractivity (Wildman–Crippen MR) is 204 cm³/mol. The lowest BCUT2D eigenvalue weighted by Gasteiger charge is -2.53. The van der Waals surface area contributed by atoms with E-state index >= 15 is 0 Å². The SMILES string of the molecule is C[C@H](OCC#CCCCN1CCC(OC2CC(OC(C)(C)C)C2)CC1)[C@@H](C)C(C)(C)N1CC(ON2CCC(OC3CC(OC(C)(C)C)C3)CC2)C1. The highest BCUT2D eigenvalue weighted by Crippen LogP contribution is 2.35. The van der Waals surface area contributed by atoms with Gasteiger partial charge in [-0.1, -0.05) is 12.8 Å². The molecule has 2 atom stereocenters. The molecule has 3 heterocycles. The zero-order chi connectivity index (χ0) is 36.8. The number of likely N-dealkylation sites (tertiary alicyclic amines) is 2. The average Bonchev–Trinajstić information content (AvgIpc) is 2.99. The van der Waals surface area contributed by atoms with Crippen LogP contribution in [0.15, 0.2) is 0 Å². The highest BCUT2D eigenvalue weighted by atomic mass is 16.7. The number of nitrogens with zero attached hydrogens (tertiary/aromatic N) is 3. The van der Waals surface area contributed by atoms with Gasteiger partial charge in [0.25, 0.3) is 0 Å². The standard InChI is InChI=1S/C42H75N3O6/c1-31(32(2)46-24-14-12-11-13-19-43-20-15-33(16-21-43)47-35-25-37(26-35)49-40(3,4)5)42(9,10)44-29-39(30-44)51-45-22-17-34(18-23-45)48-36-27-38(28-36)50-41(6,7)8/h31-39H,11,13,15-30H2,1-10H3/t31-,32+,35?,36?,37?,38?/m1/s1. The smallest absolute Gasteiger partial charge is 0.108 e. The van der Waals surface area contributed by atoms with Crippen LogP contribution in [0.1, 0.15) is 133 Å². The molecule has 0 spiro atoms. The summed E-state index contributed by atoms with van der Waals surface area (Å²) in [5, 5.41) is 2.18. The van der Waals surface area contributed by atoms with Crippen molar-refractivity contribution in [2.24, 2.45) is 5.92 Å². The first-order valence-corrected chi connectivity index (χ1v) is 20.7. The number of unbranched alkanes of at least 4 members (excludes halogenated alkanes) is 1. The molecule has 51 heavy (non-hydrogen) atoms. The maximum atomic E-state index is 6.40. The van der Waals surface area contributed by atoms with Gasteiger partial charge in [-0.3, -0.25) is 9.74 Å². The van der Waals surface area contributed by atoms with Gasteiger partial charge in [-0.15, -0.1) is 5.92 Å². The summed E-state index contributed by atoms with van der Waals surface area (Å²) < 4.78 is 31.1. The predicted octanol–water partition coefficient (Wildman–Crippen LogP) is 6.86. The van der Waals surface area contributed by atoms with Crippen LogP contribution in [0.3, 0.4) is 0 Å². The Morgan fingerprint density at radius 1 is 0.627 bits per heavy atom. The maximum absolute atomic E-state index is 6.40. The zero-order valence-electron chi connectivity index (χ0n) is 34.2. The summed E-state index contributed by atoms with van der Waals surface area (Å²) in [5.74, 6) is 7.02. The van der Waals surface area contributed by atoms with Crippen LogP contribution in [-0.4, -0.2) is 133 Å². The highest BCUT2D eigenvalue weighted by molar-refractivity contribution is 5.01. The third-order valence-electron chi connectivity index (χ3n) is 11.9. The van der Waals surface area contributed by atoms with Crippen LogP contribution in [0.2, 0.25) is 0 Å². The largest absolute Gasteiger partial charge is 0.375 e. The Balaban J connectivity index is 0.860. The Morgan fingerprint density at radius 2 is 1.14 bits per heavy atom. The number of hydrogen-bond donors (Lipinski definition) is 0. The van der Waals surface area contributed by atoms with Crippen LogP contribution >= 0.6 is 0 Å². The number of ether oxygens (including phenoxy) is 5. The second-order valence-corrected chi connectivity index (χ2v) is 18.9. The van der Waals surface area contributed by atoms with Crippen molar-refractivity contribution in [3.05, 3.63) is 0 Å². The molecule has 9 nitrogen and oxygen atoms in total. The normalized spacial score (nSPS) is 29.5. The molecule has 2 saturated carbocycles. The quantitative estimate of drug-likeness (QED) is 0.126. The molecule has 0 aromatic heterocycles. The molecule has 0 unspecified atom stereocenters. The minimum atomic E-state index is -0.0669. The van der Waals surface area contributed by atoms with Gasteiger partial charge >= 0.3 is 0 Å². The van der Waals surface area contributed by atoms with Gasteiger partial charge < -0.3 is 28.6 Å². The van der Waals surface area contributed by atoms with Crippen LogP contribution in [0.25, 0.3) is 0 Å². The minimum absolute atomic E-state index is 0.0321. The van der Waals surface area contributed by atoms with Gasteiger partial charge in [0, 0.05) is 51.2 Å². The lowest BCUT2D eigenvalue weighted by molar-refractivity contribution is -0.260. The fraction of sp³-hybridized carbons (Fsp3) is 0.952. The van der Waals surface area contributed by atoms with Crippen molar-refractivity contribution in [3.8, 4) is 11.8 Å². The summed E-state index contributed by atoms with van der Waals surface area (Å²) in [6.45, 7) is 29.7. The summed E-state index contributed by atoms with van der Waals surface area (Å²) in [4.78, 5) is 11.5. The molecule has 3 aliphatic heterocycles. The molecule has 294 valence electrons. The monoisotopic (exact) mass is 718 g/mol. The summed E-state index contributed by atoms with van der Waals surface area (Å²) in [6.07, 6.45) is 13.3. The van der Waals surface area contributed by atoms with E-state index < -0.39 is 0 Å². The Labute approximate surface area is 312 Å². The third kappa shape index (κ3) is 13.2. The Kier molecular flexibility index (Phi) is 14.8. The Hall–Kier alpha value is -0.800. The lowest BCUT2D eigenvalue weighted by atomic mass is 9.81. The molecule has 0 amide bonds. The van der Waals surface area contributed by atoms with E-state index in [1.165, 1.54) is 0 Å². The minimum Gasteiger partial charge on any atom is -0.375 e. The van der Waals surface area contributed by atoms with Crippen molar-refractivity contribution in [2.45, 2.75) is 199 Å². The van der Waals surface area contributed by atoms with Gasteiger partial charge in [0.1, 0.15) is 12.7 Å². The van der Waals surface area contributed by atoms with Gasteiger partial charge in [-0.25, -0.2) is 0 Å². The number of hydrogen-bond acceptors (Lipinski definition) is 9. The van der Waals surface area contributed by atoms with E-state index in [9.17, 15) is 0 Å². The molecule has 0 bridgehead atoms. The first-order chi connectivity index (χ1) is 24.0. The van der Waals surface area contributed by atoms with E-state index in [-0.39, 0.29) is 28.9 Å². The molecule has 5 fully saturated rings. The van der Waals surface area contributed by atoms with Crippen molar-refractivity contribution in [3.63, 3.8) is 0 Å². The van der Waals surface area contributed by atoms with Gasteiger partial charge in [-0.05, 0) is 133 Å². The van der Waals surface area contributed by atoms with E-state index in [4.69, 9.17) is 28.5 Å². The fourth-order valence-corrected chi connectivity index (χ4v) is 8.23. The van der Waals surface area contributed by atoms with Gasteiger partial charge in [0.2, 0.25) is 0 Å². The van der Waals surface area contributed by atoms with Crippen molar-refractivity contribution >= 4 is 0 Å². The van der Waals surface area contributed by atoms with E-state index in [0.717, 1.165) is 110 Å². The van der Waals surface area contributed by atoms with Crippen LogP contribution in [-0.2, 0) is 28.5 Å². The van der Waals surface area contributed by atoms with E-state index in [1.54, 1.807) is 0 Å². The molecule has 9 heteroatoms. The first kappa shape index (κ1) is 41.4. The van der Waals surface area contributed by atoms with Crippen LogP contribution < -0.4 is 0 Å². The highest BCUT2D eigenvalue weighted by Gasteiger charge is 2.44. The molecule has 0 aromatic rings. The summed E-state index contributed by atoms with van der Waals surface area (Å²) in [7, 11) is 0. The van der Waals surface area contributed by atoms with Crippen molar-refractivity contribution in [1.29, 1.82) is 0 Å². The van der Waals surface area contributed by atoms with Crippen molar-refractivity contribution in [1.82, 2.24) is 14.9 Å². The van der Waals surface area contributed by atoms with Crippen molar-refractivity contribution < 1.29 is 28.5 Å². The Bertz CT molecular complexity index is 1090. The average molecular weight is 718 g/mol. The van der Waals surface area contributed by atoms with E-state index in [0.29, 0.717) is 49.1 Å². The lowest BCUT2D eigenvalue weighted by Crippen LogP contribution is -2.65.